The normalized spacial score (nSPS) is 11.5. The number of carbonyl (C=O) groups is 2. The molecule has 0 spiro atoms. The number of carbonyl (C=O) groups excluding carboxylic acids is 2. The van der Waals surface area contributed by atoms with Gasteiger partial charge in [0.05, 0.1) is 12.4 Å². The lowest BCUT2D eigenvalue weighted by molar-refractivity contribution is -0.115. The van der Waals surface area contributed by atoms with Crippen molar-refractivity contribution in [3.63, 3.8) is 0 Å². The van der Waals surface area contributed by atoms with Gasteiger partial charge in [-0.25, -0.2) is 0 Å². The highest BCUT2D eigenvalue weighted by atomic mass is 35.5. The molecule has 3 aromatic carbocycles. The molecule has 31 heavy (non-hydrogen) atoms. The zero-order valence-electron chi connectivity index (χ0n) is 16.8. The first kappa shape index (κ1) is 23.0. The van der Waals surface area contributed by atoms with Gasteiger partial charge >= 0.3 is 0 Å². The molecule has 0 aliphatic rings. The van der Waals surface area contributed by atoms with Crippen LogP contribution >= 0.6 is 35.0 Å². The number of amides is 2. The summed E-state index contributed by atoms with van der Waals surface area (Å²) in [6.07, 6.45) is 0. The Morgan fingerprint density at radius 2 is 1.48 bits per heavy atom. The minimum Gasteiger partial charge on any atom is -0.497 e. The highest BCUT2D eigenvalue weighted by Gasteiger charge is 2.15. The summed E-state index contributed by atoms with van der Waals surface area (Å²) in [7, 11) is 1.58. The quantitative estimate of drug-likeness (QED) is 0.390. The molecule has 2 amide bonds. The Morgan fingerprint density at radius 3 is 2.06 bits per heavy atom. The summed E-state index contributed by atoms with van der Waals surface area (Å²) >= 11 is 13.3. The van der Waals surface area contributed by atoms with Crippen LogP contribution in [-0.2, 0) is 4.79 Å². The molecule has 0 aliphatic heterocycles. The number of hydrogen-bond acceptors (Lipinski definition) is 4. The standard InChI is InChI=1S/C23H20Cl2N2O3S/c1-14(22(28)27-19-12-16(24)11-17(25)13-19)31-21-9-5-18(6-10-21)26-23(29)15-3-7-20(30-2)8-4-15/h3-14H,1-2H3,(H,26,29)(H,27,28). The van der Waals surface area contributed by atoms with E-state index in [1.54, 1.807) is 61.7 Å². The maximum Gasteiger partial charge on any atom is 0.255 e. The Balaban J connectivity index is 1.56. The lowest BCUT2D eigenvalue weighted by Crippen LogP contribution is -2.22. The number of methoxy groups -OCH3 is 1. The number of nitrogens with one attached hydrogen (secondary N) is 2. The van der Waals surface area contributed by atoms with Gasteiger partial charge in [0, 0.05) is 31.9 Å². The molecule has 2 N–H and O–H groups in total. The van der Waals surface area contributed by atoms with Gasteiger partial charge in [0.15, 0.2) is 0 Å². The number of anilines is 2. The maximum atomic E-state index is 12.5. The third-order valence-electron chi connectivity index (χ3n) is 4.28. The Hall–Kier alpha value is -2.67. The van der Waals surface area contributed by atoms with E-state index in [-0.39, 0.29) is 17.1 Å². The molecule has 5 nitrogen and oxygen atoms in total. The van der Waals surface area contributed by atoms with Gasteiger partial charge in [-0.05, 0) is 73.7 Å². The number of halogens is 2. The SMILES string of the molecule is COc1ccc(C(=O)Nc2ccc(SC(C)C(=O)Nc3cc(Cl)cc(Cl)c3)cc2)cc1. The van der Waals surface area contributed by atoms with Crippen molar-refractivity contribution < 1.29 is 14.3 Å². The molecule has 0 bridgehead atoms. The summed E-state index contributed by atoms with van der Waals surface area (Å²) in [6, 6.07) is 19.1. The number of thioether (sulfide) groups is 1. The van der Waals surface area contributed by atoms with Crippen LogP contribution in [0, 0.1) is 0 Å². The van der Waals surface area contributed by atoms with Crippen molar-refractivity contribution in [1.29, 1.82) is 0 Å². The summed E-state index contributed by atoms with van der Waals surface area (Å²) in [5.41, 5.74) is 1.74. The lowest BCUT2D eigenvalue weighted by atomic mass is 10.2. The van der Waals surface area contributed by atoms with Crippen molar-refractivity contribution in [3.8, 4) is 5.75 Å². The van der Waals surface area contributed by atoms with Crippen LogP contribution in [-0.4, -0.2) is 24.2 Å². The molecule has 8 heteroatoms. The number of ether oxygens (including phenoxy) is 1. The number of rotatable bonds is 7. The molecule has 0 fully saturated rings. The number of hydrogen-bond donors (Lipinski definition) is 2. The molecular formula is C23H20Cl2N2O3S. The minimum atomic E-state index is -0.350. The van der Waals surface area contributed by atoms with Gasteiger partial charge in [0.2, 0.25) is 5.91 Å². The topological polar surface area (TPSA) is 67.4 Å². The number of benzene rings is 3. The zero-order chi connectivity index (χ0) is 22.4. The van der Waals surface area contributed by atoms with Crippen molar-refractivity contribution in [2.24, 2.45) is 0 Å². The first-order valence-corrected chi connectivity index (χ1v) is 11.0. The Labute approximate surface area is 195 Å². The molecule has 0 aromatic heterocycles. The largest absolute Gasteiger partial charge is 0.497 e. The molecule has 0 saturated heterocycles. The first-order chi connectivity index (χ1) is 14.8. The third kappa shape index (κ3) is 6.66. The summed E-state index contributed by atoms with van der Waals surface area (Å²) in [6.45, 7) is 1.81. The molecule has 0 aliphatic carbocycles. The molecule has 0 radical (unpaired) electrons. The second kappa shape index (κ2) is 10.6. The van der Waals surface area contributed by atoms with Crippen molar-refractivity contribution in [2.45, 2.75) is 17.1 Å². The van der Waals surface area contributed by atoms with E-state index in [1.165, 1.54) is 11.8 Å². The van der Waals surface area contributed by atoms with Crippen molar-refractivity contribution in [3.05, 3.63) is 82.3 Å². The van der Waals surface area contributed by atoms with E-state index >= 15 is 0 Å². The van der Waals surface area contributed by atoms with Crippen LogP contribution in [0.1, 0.15) is 17.3 Å². The maximum absolute atomic E-state index is 12.5. The van der Waals surface area contributed by atoms with Gasteiger partial charge in [0.25, 0.3) is 5.91 Å². The average Bonchev–Trinajstić information content (AvgIpc) is 2.74. The zero-order valence-corrected chi connectivity index (χ0v) is 19.1. The fourth-order valence-electron chi connectivity index (χ4n) is 2.69. The Bertz CT molecular complexity index is 1050. The van der Waals surface area contributed by atoms with Crippen LogP contribution in [0.5, 0.6) is 5.75 Å². The van der Waals surface area contributed by atoms with Gasteiger partial charge in [-0.1, -0.05) is 23.2 Å². The minimum absolute atomic E-state index is 0.166. The van der Waals surface area contributed by atoms with Gasteiger partial charge in [-0.3, -0.25) is 9.59 Å². The lowest BCUT2D eigenvalue weighted by Gasteiger charge is -2.13. The van der Waals surface area contributed by atoms with Crippen LogP contribution < -0.4 is 15.4 Å². The van der Waals surface area contributed by atoms with Crippen LogP contribution in [0.2, 0.25) is 10.0 Å². The van der Waals surface area contributed by atoms with Crippen LogP contribution in [0.15, 0.2) is 71.6 Å². The van der Waals surface area contributed by atoms with E-state index in [9.17, 15) is 9.59 Å². The summed E-state index contributed by atoms with van der Waals surface area (Å²) in [5, 5.41) is 6.22. The van der Waals surface area contributed by atoms with E-state index in [1.807, 2.05) is 19.1 Å². The van der Waals surface area contributed by atoms with Gasteiger partial charge in [-0.15, -0.1) is 11.8 Å². The smallest absolute Gasteiger partial charge is 0.255 e. The predicted molar refractivity (Wildman–Crippen MR) is 128 cm³/mol. The molecule has 0 heterocycles. The molecule has 160 valence electrons. The molecule has 1 atom stereocenters. The average molecular weight is 475 g/mol. The fourth-order valence-corrected chi connectivity index (χ4v) is 4.08. The van der Waals surface area contributed by atoms with Crippen molar-refractivity contribution >= 4 is 58.2 Å². The molecular weight excluding hydrogens is 455 g/mol. The third-order valence-corrected chi connectivity index (χ3v) is 5.82. The predicted octanol–water partition coefficient (Wildman–Crippen LogP) is 6.37. The van der Waals surface area contributed by atoms with Gasteiger partial charge in [0.1, 0.15) is 5.75 Å². The summed E-state index contributed by atoms with van der Waals surface area (Å²) in [4.78, 5) is 25.7. The second-order valence-corrected chi connectivity index (χ2v) is 8.90. The molecule has 1 unspecified atom stereocenters. The van der Waals surface area contributed by atoms with E-state index in [2.05, 4.69) is 10.6 Å². The van der Waals surface area contributed by atoms with E-state index in [4.69, 9.17) is 27.9 Å². The highest BCUT2D eigenvalue weighted by molar-refractivity contribution is 8.00. The van der Waals surface area contributed by atoms with Crippen LogP contribution in [0.25, 0.3) is 0 Å². The Kier molecular flexibility index (Phi) is 7.85. The van der Waals surface area contributed by atoms with E-state index in [0.717, 1.165) is 4.90 Å². The molecule has 0 saturated carbocycles. The van der Waals surface area contributed by atoms with E-state index in [0.29, 0.717) is 32.7 Å². The van der Waals surface area contributed by atoms with Crippen LogP contribution in [0.4, 0.5) is 11.4 Å². The Morgan fingerprint density at radius 1 is 0.871 bits per heavy atom. The van der Waals surface area contributed by atoms with Crippen LogP contribution in [0.3, 0.4) is 0 Å². The van der Waals surface area contributed by atoms with Gasteiger partial charge < -0.3 is 15.4 Å². The summed E-state index contributed by atoms with van der Waals surface area (Å²) < 4.78 is 5.10. The highest BCUT2D eigenvalue weighted by Crippen LogP contribution is 2.27. The first-order valence-electron chi connectivity index (χ1n) is 9.33. The molecule has 3 aromatic rings. The van der Waals surface area contributed by atoms with Gasteiger partial charge in [-0.2, -0.15) is 0 Å². The fraction of sp³-hybridized carbons (Fsp3) is 0.130. The van der Waals surface area contributed by atoms with Crippen molar-refractivity contribution in [2.75, 3.05) is 17.7 Å². The summed E-state index contributed by atoms with van der Waals surface area (Å²) in [5.74, 6) is 0.311. The molecule has 3 rings (SSSR count). The van der Waals surface area contributed by atoms with E-state index < -0.39 is 0 Å². The van der Waals surface area contributed by atoms with Crippen molar-refractivity contribution in [1.82, 2.24) is 0 Å². The second-order valence-electron chi connectivity index (χ2n) is 6.61. The monoisotopic (exact) mass is 474 g/mol.